The van der Waals surface area contributed by atoms with Crippen molar-refractivity contribution in [3.63, 3.8) is 0 Å². The molecule has 1 atom stereocenters. The maximum absolute atomic E-state index is 5.44. The number of anilines is 5. The Morgan fingerprint density at radius 1 is 1.10 bits per heavy atom. The highest BCUT2D eigenvalue weighted by Gasteiger charge is 2.23. The number of aromatic amines is 1. The van der Waals surface area contributed by atoms with Crippen molar-refractivity contribution in [3.8, 4) is 0 Å². The second-order valence-corrected chi connectivity index (χ2v) is 7.16. The zero-order chi connectivity index (χ0) is 19.6. The van der Waals surface area contributed by atoms with E-state index in [1.807, 2.05) is 24.5 Å². The molecule has 1 fully saturated rings. The number of hydrogen-bond donors (Lipinski definition) is 4. The summed E-state index contributed by atoms with van der Waals surface area (Å²) in [5, 5.41) is 16.9. The second-order valence-electron chi connectivity index (χ2n) is 7.16. The highest BCUT2D eigenvalue weighted by molar-refractivity contribution is 5.77. The first-order valence-corrected chi connectivity index (χ1v) is 9.68. The van der Waals surface area contributed by atoms with Gasteiger partial charge in [-0.3, -0.25) is 5.10 Å². The molecule has 2 aliphatic heterocycles. The first-order valence-electron chi connectivity index (χ1n) is 9.68. The molecule has 0 spiro atoms. The smallest absolute Gasteiger partial charge is 0.227 e. The van der Waals surface area contributed by atoms with Crippen LogP contribution in [0.1, 0.15) is 24.6 Å². The van der Waals surface area contributed by atoms with E-state index in [0.717, 1.165) is 48.8 Å². The number of fused-ring (bicyclic) bond motifs is 1. The summed E-state index contributed by atoms with van der Waals surface area (Å²) in [6.07, 6.45) is 9.51. The minimum Gasteiger partial charge on any atom is -0.381 e. The van der Waals surface area contributed by atoms with Crippen molar-refractivity contribution in [3.05, 3.63) is 42.5 Å². The summed E-state index contributed by atoms with van der Waals surface area (Å²) in [6.45, 7) is 1.79. The first kappa shape index (κ1) is 17.7. The Bertz CT molecular complexity index is 970. The van der Waals surface area contributed by atoms with Crippen molar-refractivity contribution < 1.29 is 4.74 Å². The molecule has 150 valence electrons. The monoisotopic (exact) mass is 393 g/mol. The van der Waals surface area contributed by atoms with Crippen LogP contribution in [-0.4, -0.2) is 51.5 Å². The summed E-state index contributed by atoms with van der Waals surface area (Å²) in [5.41, 5.74) is 2.96. The van der Waals surface area contributed by atoms with Gasteiger partial charge >= 0.3 is 0 Å². The van der Waals surface area contributed by atoms with E-state index in [2.05, 4.69) is 46.0 Å². The molecule has 2 aliphatic rings. The molecule has 10 nitrogen and oxygen atoms in total. The molecular formula is C19H23N9O. The summed E-state index contributed by atoms with van der Waals surface area (Å²) in [5.74, 6) is 2.16. The van der Waals surface area contributed by atoms with Crippen LogP contribution >= 0.6 is 0 Å². The zero-order valence-electron chi connectivity index (χ0n) is 16.1. The lowest BCUT2D eigenvalue weighted by Crippen LogP contribution is -2.37. The summed E-state index contributed by atoms with van der Waals surface area (Å²) in [4.78, 5) is 15.8. The van der Waals surface area contributed by atoms with Gasteiger partial charge in [-0.05, 0) is 18.9 Å². The molecule has 0 aromatic carbocycles. The maximum Gasteiger partial charge on any atom is 0.227 e. The van der Waals surface area contributed by atoms with Crippen molar-refractivity contribution >= 4 is 29.0 Å². The summed E-state index contributed by atoms with van der Waals surface area (Å²) < 4.78 is 5.44. The summed E-state index contributed by atoms with van der Waals surface area (Å²) in [6, 6.07) is 3.81. The normalized spacial score (nSPS) is 18.8. The number of ether oxygens (including phenoxy) is 1. The Labute approximate surface area is 168 Å². The Hall–Kier alpha value is -3.40. The molecule has 4 N–H and O–H groups in total. The fraction of sp³-hybridized carbons (Fsp3) is 0.368. The summed E-state index contributed by atoms with van der Waals surface area (Å²) in [7, 11) is 1.77. The van der Waals surface area contributed by atoms with E-state index in [0.29, 0.717) is 17.7 Å². The molecule has 3 aromatic heterocycles. The largest absolute Gasteiger partial charge is 0.381 e. The van der Waals surface area contributed by atoms with Crippen LogP contribution in [0, 0.1) is 0 Å². The standard InChI is InChI=1S/C19H23N9O/c1-29-13-3-6-28(7-4-13)19-20-5-2-16(27-19)26-17-8-14-15(11-21-17)25-18(24-14)12-9-22-23-10-12/h2,5,8-11,13,18,24-25H,3-4,6-7H2,1H3,(H,22,23)(H,20,21,26,27). The van der Waals surface area contributed by atoms with Gasteiger partial charge in [0.05, 0.1) is 29.9 Å². The quantitative estimate of drug-likeness (QED) is 0.519. The number of methoxy groups -OCH3 is 1. The number of nitrogens with zero attached hydrogens (tertiary/aromatic N) is 5. The van der Waals surface area contributed by atoms with Crippen LogP contribution in [-0.2, 0) is 4.74 Å². The van der Waals surface area contributed by atoms with Crippen LogP contribution in [0.15, 0.2) is 36.9 Å². The van der Waals surface area contributed by atoms with E-state index < -0.39 is 0 Å². The predicted molar refractivity (Wildman–Crippen MR) is 110 cm³/mol. The fourth-order valence-corrected chi connectivity index (χ4v) is 3.68. The van der Waals surface area contributed by atoms with Gasteiger partial charge in [-0.1, -0.05) is 0 Å². The maximum atomic E-state index is 5.44. The highest BCUT2D eigenvalue weighted by Crippen LogP contribution is 2.36. The van der Waals surface area contributed by atoms with Crippen molar-refractivity contribution in [1.29, 1.82) is 0 Å². The third-order valence-corrected chi connectivity index (χ3v) is 5.31. The molecule has 3 aromatic rings. The van der Waals surface area contributed by atoms with E-state index in [1.54, 1.807) is 19.5 Å². The lowest BCUT2D eigenvalue weighted by molar-refractivity contribution is 0.0816. The van der Waals surface area contributed by atoms with Gasteiger partial charge < -0.3 is 25.6 Å². The van der Waals surface area contributed by atoms with E-state index >= 15 is 0 Å². The molecule has 5 heterocycles. The number of pyridine rings is 1. The van der Waals surface area contributed by atoms with Gasteiger partial charge in [0.25, 0.3) is 0 Å². The zero-order valence-corrected chi connectivity index (χ0v) is 16.1. The second kappa shape index (κ2) is 7.55. The molecule has 0 radical (unpaired) electrons. The highest BCUT2D eigenvalue weighted by atomic mass is 16.5. The average molecular weight is 393 g/mol. The molecule has 0 bridgehead atoms. The van der Waals surface area contributed by atoms with Crippen molar-refractivity contribution in [2.24, 2.45) is 0 Å². The van der Waals surface area contributed by atoms with Crippen LogP contribution < -0.4 is 20.9 Å². The molecule has 1 saturated heterocycles. The van der Waals surface area contributed by atoms with Crippen LogP contribution in [0.2, 0.25) is 0 Å². The third-order valence-electron chi connectivity index (χ3n) is 5.31. The van der Waals surface area contributed by atoms with E-state index in [9.17, 15) is 0 Å². The topological polar surface area (TPSA) is 116 Å². The van der Waals surface area contributed by atoms with Crippen LogP contribution in [0.4, 0.5) is 29.0 Å². The van der Waals surface area contributed by atoms with Crippen LogP contribution in [0.3, 0.4) is 0 Å². The molecule has 0 amide bonds. The molecular weight excluding hydrogens is 370 g/mol. The SMILES string of the molecule is COC1CCN(c2nccc(Nc3cc4c(cn3)NC(c3cn[nH]c3)N4)n2)CC1. The lowest BCUT2D eigenvalue weighted by Gasteiger charge is -2.31. The van der Waals surface area contributed by atoms with E-state index in [-0.39, 0.29) is 6.17 Å². The van der Waals surface area contributed by atoms with Crippen molar-refractivity contribution in [2.45, 2.75) is 25.1 Å². The summed E-state index contributed by atoms with van der Waals surface area (Å²) >= 11 is 0. The average Bonchev–Trinajstić information content (AvgIpc) is 3.43. The predicted octanol–water partition coefficient (Wildman–Crippen LogP) is 2.49. The first-order chi connectivity index (χ1) is 14.3. The van der Waals surface area contributed by atoms with Gasteiger partial charge in [-0.25, -0.2) is 9.97 Å². The molecule has 0 aliphatic carbocycles. The molecule has 10 heteroatoms. The van der Waals surface area contributed by atoms with E-state index in [1.165, 1.54) is 0 Å². The Kier molecular flexibility index (Phi) is 4.60. The Morgan fingerprint density at radius 3 is 2.76 bits per heavy atom. The lowest BCUT2D eigenvalue weighted by atomic mass is 10.1. The van der Waals surface area contributed by atoms with Gasteiger partial charge in [0, 0.05) is 44.2 Å². The van der Waals surface area contributed by atoms with Gasteiger partial charge in [0.1, 0.15) is 17.8 Å². The molecule has 0 saturated carbocycles. The third kappa shape index (κ3) is 3.66. The molecule has 1 unspecified atom stereocenters. The number of rotatable bonds is 5. The van der Waals surface area contributed by atoms with Gasteiger partial charge in [-0.15, -0.1) is 0 Å². The number of piperidine rings is 1. The number of hydrogen-bond acceptors (Lipinski definition) is 9. The van der Waals surface area contributed by atoms with Crippen LogP contribution in [0.5, 0.6) is 0 Å². The molecule has 5 rings (SSSR count). The van der Waals surface area contributed by atoms with Crippen molar-refractivity contribution in [2.75, 3.05) is 41.0 Å². The van der Waals surface area contributed by atoms with Crippen molar-refractivity contribution in [1.82, 2.24) is 25.1 Å². The Balaban J connectivity index is 1.28. The number of nitrogens with one attached hydrogen (secondary N) is 4. The van der Waals surface area contributed by atoms with Crippen LogP contribution in [0.25, 0.3) is 0 Å². The van der Waals surface area contributed by atoms with Gasteiger partial charge in [-0.2, -0.15) is 10.1 Å². The number of aromatic nitrogens is 5. The Morgan fingerprint density at radius 2 is 1.97 bits per heavy atom. The number of H-pyrrole nitrogens is 1. The van der Waals surface area contributed by atoms with Gasteiger partial charge in [0.2, 0.25) is 5.95 Å². The molecule has 29 heavy (non-hydrogen) atoms. The minimum atomic E-state index is -0.0264. The van der Waals surface area contributed by atoms with E-state index in [4.69, 9.17) is 4.74 Å². The van der Waals surface area contributed by atoms with Gasteiger partial charge in [0.15, 0.2) is 0 Å². The minimum absolute atomic E-state index is 0.0264. The fourth-order valence-electron chi connectivity index (χ4n) is 3.68.